The predicted molar refractivity (Wildman–Crippen MR) is 83.5 cm³/mol. The maximum Gasteiger partial charge on any atom is 0.416 e. The Morgan fingerprint density at radius 2 is 1.58 bits per heavy atom. The van der Waals surface area contributed by atoms with E-state index >= 15 is 0 Å². The van der Waals surface area contributed by atoms with Gasteiger partial charge in [0, 0.05) is 16.9 Å². The van der Waals surface area contributed by atoms with E-state index in [-0.39, 0.29) is 17.8 Å². The maximum absolute atomic E-state index is 12.7. The normalized spacial score (nSPS) is 11.0. The second-order valence-corrected chi connectivity index (χ2v) is 4.87. The Morgan fingerprint density at radius 1 is 0.958 bits per heavy atom. The van der Waals surface area contributed by atoms with Crippen molar-refractivity contribution in [2.45, 2.75) is 6.18 Å². The van der Waals surface area contributed by atoms with E-state index in [1.807, 2.05) is 0 Å². The Morgan fingerprint density at radius 3 is 2.21 bits per heavy atom. The van der Waals surface area contributed by atoms with Gasteiger partial charge in [-0.3, -0.25) is 9.59 Å². The van der Waals surface area contributed by atoms with Gasteiger partial charge in [0.05, 0.1) is 12.1 Å². The van der Waals surface area contributed by atoms with E-state index in [0.717, 1.165) is 12.1 Å². The number of carbonyl (C=O) groups excluding carboxylic acids is 2. The molecule has 0 aliphatic carbocycles. The molecule has 0 saturated carbocycles. The highest BCUT2D eigenvalue weighted by molar-refractivity contribution is 6.05. The van der Waals surface area contributed by atoms with Crippen molar-refractivity contribution in [3.05, 3.63) is 59.7 Å². The second kappa shape index (κ2) is 7.14. The summed E-state index contributed by atoms with van der Waals surface area (Å²) in [6, 6.07) is 10.3. The van der Waals surface area contributed by atoms with E-state index in [2.05, 4.69) is 10.6 Å². The molecule has 0 saturated heterocycles. The first-order valence-corrected chi connectivity index (χ1v) is 6.88. The third-order valence-corrected chi connectivity index (χ3v) is 3.04. The minimum Gasteiger partial charge on any atom is -0.325 e. The lowest BCUT2D eigenvalue weighted by Gasteiger charge is -2.10. The first kappa shape index (κ1) is 17.5. The van der Waals surface area contributed by atoms with Crippen molar-refractivity contribution >= 4 is 23.2 Å². The molecule has 5 nitrogen and oxygen atoms in total. The van der Waals surface area contributed by atoms with Gasteiger partial charge >= 0.3 is 6.18 Å². The maximum atomic E-state index is 12.7. The number of benzene rings is 2. The molecular formula is C16H14F3N3O2. The molecule has 0 spiro atoms. The molecule has 0 bridgehead atoms. The largest absolute Gasteiger partial charge is 0.416 e. The average Bonchev–Trinajstić information content (AvgIpc) is 2.54. The van der Waals surface area contributed by atoms with Crippen LogP contribution in [0.4, 0.5) is 24.5 Å². The molecule has 24 heavy (non-hydrogen) atoms. The van der Waals surface area contributed by atoms with Crippen LogP contribution >= 0.6 is 0 Å². The zero-order valence-electron chi connectivity index (χ0n) is 12.4. The molecule has 126 valence electrons. The van der Waals surface area contributed by atoms with Crippen LogP contribution in [0.5, 0.6) is 0 Å². The number of halogens is 3. The highest BCUT2D eigenvalue weighted by Crippen LogP contribution is 2.30. The number of hydrogen-bond donors (Lipinski definition) is 3. The van der Waals surface area contributed by atoms with Crippen LogP contribution in [-0.4, -0.2) is 18.4 Å². The smallest absolute Gasteiger partial charge is 0.325 e. The zero-order chi connectivity index (χ0) is 17.7. The average molecular weight is 337 g/mol. The van der Waals surface area contributed by atoms with Crippen molar-refractivity contribution in [1.29, 1.82) is 0 Å². The van der Waals surface area contributed by atoms with Crippen LogP contribution < -0.4 is 16.4 Å². The summed E-state index contributed by atoms with van der Waals surface area (Å²) in [4.78, 5) is 23.4. The molecule has 0 aliphatic heterocycles. The Hall–Kier alpha value is -2.87. The third-order valence-electron chi connectivity index (χ3n) is 3.04. The fourth-order valence-electron chi connectivity index (χ4n) is 1.93. The van der Waals surface area contributed by atoms with Crippen molar-refractivity contribution in [2.75, 3.05) is 17.2 Å². The molecule has 0 aromatic heterocycles. The summed E-state index contributed by atoms with van der Waals surface area (Å²) in [5.41, 5.74) is 4.89. The first-order valence-electron chi connectivity index (χ1n) is 6.88. The van der Waals surface area contributed by atoms with E-state index in [1.165, 1.54) is 30.3 Å². The Labute approximate surface area is 135 Å². The molecule has 2 rings (SSSR count). The van der Waals surface area contributed by atoms with Gasteiger partial charge in [0.1, 0.15) is 0 Å². The fourth-order valence-corrected chi connectivity index (χ4v) is 1.93. The quantitative estimate of drug-likeness (QED) is 0.802. The van der Waals surface area contributed by atoms with Gasteiger partial charge in [-0.1, -0.05) is 12.1 Å². The van der Waals surface area contributed by atoms with Crippen LogP contribution in [0, 0.1) is 0 Å². The standard InChI is InChI=1S/C16H14F3N3O2/c17-16(18,19)11-4-2-6-13(8-11)22-15(24)10-3-1-5-12(7-10)21-14(23)9-20/h1-8H,9,20H2,(H,21,23)(H,22,24). The summed E-state index contributed by atoms with van der Waals surface area (Å²) in [6.45, 7) is -0.208. The van der Waals surface area contributed by atoms with Crippen LogP contribution in [0.2, 0.25) is 0 Å². The van der Waals surface area contributed by atoms with Gasteiger partial charge in [-0.05, 0) is 36.4 Å². The van der Waals surface area contributed by atoms with Crippen molar-refractivity contribution in [1.82, 2.24) is 0 Å². The van der Waals surface area contributed by atoms with E-state index < -0.39 is 23.6 Å². The van der Waals surface area contributed by atoms with Gasteiger partial charge in [-0.2, -0.15) is 13.2 Å². The van der Waals surface area contributed by atoms with Crippen molar-refractivity contribution in [3.8, 4) is 0 Å². The lowest BCUT2D eigenvalue weighted by molar-refractivity contribution is -0.137. The van der Waals surface area contributed by atoms with Crippen LogP contribution in [0.25, 0.3) is 0 Å². The van der Waals surface area contributed by atoms with Gasteiger partial charge in [0.15, 0.2) is 0 Å². The molecule has 0 atom stereocenters. The molecule has 2 aromatic rings. The monoisotopic (exact) mass is 337 g/mol. The highest BCUT2D eigenvalue weighted by Gasteiger charge is 2.30. The zero-order valence-corrected chi connectivity index (χ0v) is 12.4. The van der Waals surface area contributed by atoms with Crippen molar-refractivity contribution in [2.24, 2.45) is 5.73 Å². The summed E-state index contributed by atoms with van der Waals surface area (Å²) in [7, 11) is 0. The van der Waals surface area contributed by atoms with E-state index in [1.54, 1.807) is 6.07 Å². The Balaban J connectivity index is 2.15. The summed E-state index contributed by atoms with van der Waals surface area (Å²) in [5.74, 6) is -1.02. The molecule has 0 heterocycles. The van der Waals surface area contributed by atoms with Crippen LogP contribution in [0.1, 0.15) is 15.9 Å². The highest BCUT2D eigenvalue weighted by atomic mass is 19.4. The summed E-state index contributed by atoms with van der Waals surface area (Å²) in [5, 5.41) is 4.88. The summed E-state index contributed by atoms with van der Waals surface area (Å²) >= 11 is 0. The molecule has 4 N–H and O–H groups in total. The number of nitrogens with one attached hydrogen (secondary N) is 2. The Bertz CT molecular complexity index is 760. The van der Waals surface area contributed by atoms with Gasteiger partial charge in [0.25, 0.3) is 5.91 Å². The van der Waals surface area contributed by atoms with Crippen LogP contribution in [0.3, 0.4) is 0 Å². The van der Waals surface area contributed by atoms with Gasteiger partial charge < -0.3 is 16.4 Å². The molecule has 0 fully saturated rings. The number of nitrogens with two attached hydrogens (primary N) is 1. The topological polar surface area (TPSA) is 84.2 Å². The number of anilines is 2. The predicted octanol–water partition coefficient (Wildman–Crippen LogP) is 2.85. The number of alkyl halides is 3. The SMILES string of the molecule is NCC(=O)Nc1cccc(C(=O)Nc2cccc(C(F)(F)F)c2)c1. The summed E-state index contributed by atoms with van der Waals surface area (Å²) in [6.07, 6.45) is -4.49. The molecule has 0 unspecified atom stereocenters. The molecule has 2 aromatic carbocycles. The molecular weight excluding hydrogens is 323 g/mol. The molecule has 8 heteroatoms. The number of hydrogen-bond acceptors (Lipinski definition) is 3. The minimum atomic E-state index is -4.49. The second-order valence-electron chi connectivity index (χ2n) is 4.87. The van der Waals surface area contributed by atoms with Crippen LogP contribution in [-0.2, 0) is 11.0 Å². The lowest BCUT2D eigenvalue weighted by Crippen LogP contribution is -2.22. The lowest BCUT2D eigenvalue weighted by atomic mass is 10.1. The van der Waals surface area contributed by atoms with Gasteiger partial charge in [0.2, 0.25) is 5.91 Å². The molecule has 2 amide bonds. The minimum absolute atomic E-state index is 0.0196. The number of rotatable bonds is 4. The van der Waals surface area contributed by atoms with Gasteiger partial charge in [-0.15, -0.1) is 0 Å². The fraction of sp³-hybridized carbons (Fsp3) is 0.125. The first-order chi connectivity index (χ1) is 11.3. The van der Waals surface area contributed by atoms with E-state index in [0.29, 0.717) is 5.69 Å². The number of amides is 2. The molecule has 0 radical (unpaired) electrons. The van der Waals surface area contributed by atoms with Crippen LogP contribution in [0.15, 0.2) is 48.5 Å². The third kappa shape index (κ3) is 4.56. The van der Waals surface area contributed by atoms with Crippen molar-refractivity contribution < 1.29 is 22.8 Å². The van der Waals surface area contributed by atoms with E-state index in [4.69, 9.17) is 5.73 Å². The summed E-state index contributed by atoms with van der Waals surface area (Å²) < 4.78 is 38.0. The Kier molecular flexibility index (Phi) is 5.20. The number of carbonyl (C=O) groups is 2. The van der Waals surface area contributed by atoms with Crippen molar-refractivity contribution in [3.63, 3.8) is 0 Å². The molecule has 0 aliphatic rings. The van der Waals surface area contributed by atoms with E-state index in [9.17, 15) is 22.8 Å². The van der Waals surface area contributed by atoms with Gasteiger partial charge in [-0.25, -0.2) is 0 Å².